The van der Waals surface area contributed by atoms with Gasteiger partial charge in [-0.2, -0.15) is 0 Å². The number of benzene rings is 4. The van der Waals surface area contributed by atoms with Gasteiger partial charge in [0, 0.05) is 31.3 Å². The molecule has 3 N–H and O–H groups in total. The number of nitrogens with zero attached hydrogens (tertiary/aromatic N) is 1. The highest BCUT2D eigenvalue weighted by molar-refractivity contribution is 7.92. The van der Waals surface area contributed by atoms with Crippen molar-refractivity contribution in [2.75, 3.05) is 22.5 Å². The van der Waals surface area contributed by atoms with Crippen LogP contribution in [-0.4, -0.2) is 44.3 Å². The van der Waals surface area contributed by atoms with Gasteiger partial charge in [-0.3, -0.25) is 9.52 Å². The molecule has 0 heterocycles. The molecule has 0 saturated carbocycles. The zero-order chi connectivity index (χ0) is 34.7. The Morgan fingerprint density at radius 2 is 1.48 bits per heavy atom. The summed E-state index contributed by atoms with van der Waals surface area (Å²) in [5.74, 6) is 0.251. The molecule has 48 heavy (non-hydrogen) atoms. The number of carbonyl (C=O) groups excluding carboxylic acids is 1. The van der Waals surface area contributed by atoms with Crippen molar-refractivity contribution in [3.63, 3.8) is 0 Å². The first-order chi connectivity index (χ1) is 22.9. The summed E-state index contributed by atoms with van der Waals surface area (Å²) in [6, 6.07) is 29.8. The zero-order valence-corrected chi connectivity index (χ0v) is 28.5. The average molecular weight is 674 g/mol. The Bertz CT molecular complexity index is 1780. The first-order valence-corrected chi connectivity index (χ1v) is 17.6. The van der Waals surface area contributed by atoms with Crippen molar-refractivity contribution >= 4 is 33.3 Å². The van der Waals surface area contributed by atoms with E-state index in [9.17, 15) is 23.1 Å². The molecule has 1 atom stereocenters. The van der Waals surface area contributed by atoms with Gasteiger partial charge >= 0.3 is 5.97 Å². The molecule has 0 unspecified atom stereocenters. The van der Waals surface area contributed by atoms with Crippen LogP contribution in [0.25, 0.3) is 0 Å². The van der Waals surface area contributed by atoms with Gasteiger partial charge in [-0.05, 0) is 72.4 Å². The molecule has 0 aliphatic rings. The van der Waals surface area contributed by atoms with Gasteiger partial charge in [0.2, 0.25) is 15.9 Å². The molecule has 0 aromatic heterocycles. The summed E-state index contributed by atoms with van der Waals surface area (Å²) in [6.45, 7) is 6.90. The van der Waals surface area contributed by atoms with Crippen LogP contribution in [0.4, 0.5) is 11.4 Å². The third kappa shape index (κ3) is 11.0. The first-order valence-electron chi connectivity index (χ1n) is 15.8. The number of hydrogen-bond donors (Lipinski definition) is 3. The number of rotatable bonds is 17. The normalized spacial score (nSPS) is 11.9. The second-order valence-corrected chi connectivity index (χ2v) is 13.7. The number of hydrogen-bond acceptors (Lipinski definition) is 7. The Morgan fingerprint density at radius 1 is 0.833 bits per heavy atom. The minimum Gasteiger partial charge on any atom is -0.493 e. The summed E-state index contributed by atoms with van der Waals surface area (Å²) >= 11 is 0. The topological polar surface area (TPSA) is 134 Å². The molecule has 4 aromatic carbocycles. The van der Waals surface area contributed by atoms with Gasteiger partial charge in [0.25, 0.3) is 0 Å². The first kappa shape index (κ1) is 35.8. The van der Waals surface area contributed by atoms with Crippen LogP contribution in [0, 0.1) is 12.8 Å². The lowest BCUT2D eigenvalue weighted by Gasteiger charge is -2.28. The predicted molar refractivity (Wildman–Crippen MR) is 188 cm³/mol. The lowest BCUT2D eigenvalue weighted by Crippen LogP contribution is -2.44. The van der Waals surface area contributed by atoms with Crippen molar-refractivity contribution in [2.24, 2.45) is 5.92 Å². The fraction of sp³-hybridized carbons (Fsp3) is 0.297. The van der Waals surface area contributed by atoms with Crippen LogP contribution in [0.5, 0.6) is 17.2 Å². The number of amides is 1. The van der Waals surface area contributed by atoms with Crippen LogP contribution >= 0.6 is 0 Å². The van der Waals surface area contributed by atoms with Crippen molar-refractivity contribution < 1.29 is 32.6 Å². The molecule has 0 radical (unpaired) electrons. The largest absolute Gasteiger partial charge is 0.493 e. The molecule has 0 aliphatic carbocycles. The van der Waals surface area contributed by atoms with Crippen LogP contribution in [0.1, 0.15) is 43.4 Å². The molecule has 11 heteroatoms. The van der Waals surface area contributed by atoms with Crippen molar-refractivity contribution in [1.29, 1.82) is 0 Å². The predicted octanol–water partition coefficient (Wildman–Crippen LogP) is 6.75. The van der Waals surface area contributed by atoms with Gasteiger partial charge in [0.1, 0.15) is 23.3 Å². The Kier molecular flexibility index (Phi) is 12.5. The molecule has 0 aliphatic heterocycles. The van der Waals surface area contributed by atoms with E-state index in [0.717, 1.165) is 28.6 Å². The van der Waals surface area contributed by atoms with E-state index in [0.29, 0.717) is 42.4 Å². The molecule has 4 aromatic rings. The molecular formula is C37H43N3O7S. The fourth-order valence-electron chi connectivity index (χ4n) is 5.14. The number of nitrogens with one attached hydrogen (secondary N) is 2. The average Bonchev–Trinajstić information content (AvgIpc) is 3.03. The highest BCUT2D eigenvalue weighted by Crippen LogP contribution is 2.31. The van der Waals surface area contributed by atoms with Gasteiger partial charge in [-0.1, -0.05) is 68.4 Å². The summed E-state index contributed by atoms with van der Waals surface area (Å²) < 4.78 is 38.5. The second kappa shape index (κ2) is 16.7. The van der Waals surface area contributed by atoms with Gasteiger partial charge in [0.15, 0.2) is 0 Å². The quantitative estimate of drug-likeness (QED) is 0.105. The molecule has 0 bridgehead atoms. The minimum absolute atomic E-state index is 0.157. The van der Waals surface area contributed by atoms with Gasteiger partial charge in [-0.25, -0.2) is 13.2 Å². The lowest BCUT2D eigenvalue weighted by atomic mass is 10.0. The highest BCUT2D eigenvalue weighted by atomic mass is 32.2. The third-order valence-corrected chi connectivity index (χ3v) is 8.15. The number of carbonyl (C=O) groups is 2. The van der Waals surface area contributed by atoms with E-state index in [1.165, 1.54) is 0 Å². The van der Waals surface area contributed by atoms with Gasteiger partial charge < -0.3 is 24.8 Å². The van der Waals surface area contributed by atoms with Crippen molar-refractivity contribution in [3.05, 3.63) is 114 Å². The maximum absolute atomic E-state index is 12.2. The van der Waals surface area contributed by atoms with Crippen molar-refractivity contribution in [2.45, 2.75) is 52.7 Å². The van der Waals surface area contributed by atoms with Crippen molar-refractivity contribution in [1.82, 2.24) is 5.32 Å². The van der Waals surface area contributed by atoms with Crippen LogP contribution in [-0.2, 0) is 32.7 Å². The summed E-state index contributed by atoms with van der Waals surface area (Å²) in [4.78, 5) is 25.7. The minimum atomic E-state index is -3.43. The van der Waals surface area contributed by atoms with Gasteiger partial charge in [-0.15, -0.1) is 0 Å². The smallest absolute Gasteiger partial charge is 0.326 e. The maximum Gasteiger partial charge on any atom is 0.326 e. The molecule has 0 saturated heterocycles. The molecule has 254 valence electrons. The standard InChI is InChI=1S/C37H43N3O7S/c1-26(2)36(37(42)43)38-35(41)17-10-22-46-31-13-8-14-32(23-31)47-30-20-18-29(19-21-30)25-40(24-28-11-6-5-7-12-28)34-16-9-15-33(27(34)3)39-48(4,44)45/h5-9,11-16,18-21,23,26,36,39H,10,17,22,24-25H2,1-4H3,(H,38,41)(H,42,43)/t36-/m0/s1. The fourth-order valence-corrected chi connectivity index (χ4v) is 5.76. The Balaban J connectivity index is 1.38. The van der Waals surface area contributed by atoms with E-state index >= 15 is 0 Å². The van der Waals surface area contributed by atoms with Gasteiger partial charge in [0.05, 0.1) is 18.6 Å². The van der Waals surface area contributed by atoms with E-state index in [4.69, 9.17) is 9.47 Å². The van der Waals surface area contributed by atoms with E-state index in [1.807, 2.05) is 73.7 Å². The summed E-state index contributed by atoms with van der Waals surface area (Å²) in [6.07, 6.45) is 1.73. The second-order valence-electron chi connectivity index (χ2n) is 12.0. The lowest BCUT2D eigenvalue weighted by molar-refractivity contribution is -0.143. The van der Waals surface area contributed by atoms with Crippen LogP contribution in [0.15, 0.2) is 97.1 Å². The number of anilines is 2. The Hall–Kier alpha value is -5.03. The Labute approximate surface area is 282 Å². The molecule has 10 nitrogen and oxygen atoms in total. The van der Waals surface area contributed by atoms with E-state index in [2.05, 4.69) is 27.1 Å². The van der Waals surface area contributed by atoms with Crippen molar-refractivity contribution in [3.8, 4) is 17.2 Å². The number of carboxylic acid groups (broad SMARTS) is 1. The van der Waals surface area contributed by atoms with E-state index < -0.39 is 22.0 Å². The monoisotopic (exact) mass is 673 g/mol. The van der Waals surface area contributed by atoms with Crippen LogP contribution in [0.2, 0.25) is 0 Å². The number of ether oxygens (including phenoxy) is 2. The molecule has 4 rings (SSSR count). The third-order valence-electron chi connectivity index (χ3n) is 7.56. The van der Waals surface area contributed by atoms with Crippen LogP contribution < -0.4 is 24.4 Å². The van der Waals surface area contributed by atoms with E-state index in [-0.39, 0.29) is 24.9 Å². The molecule has 0 fully saturated rings. The van der Waals surface area contributed by atoms with Crippen LogP contribution in [0.3, 0.4) is 0 Å². The number of sulfonamides is 1. The highest BCUT2D eigenvalue weighted by Gasteiger charge is 2.23. The zero-order valence-electron chi connectivity index (χ0n) is 27.7. The number of aliphatic carboxylic acids is 1. The summed E-state index contributed by atoms with van der Waals surface area (Å²) in [5, 5.41) is 11.8. The SMILES string of the molecule is Cc1c(NS(C)(=O)=O)cccc1N(Cc1ccccc1)Cc1ccc(Oc2cccc(OCCCC(=O)N[C@H](C(=O)O)C(C)C)c2)cc1. The maximum atomic E-state index is 12.2. The molecule has 1 amide bonds. The molecular weight excluding hydrogens is 630 g/mol. The summed E-state index contributed by atoms with van der Waals surface area (Å²) in [5.41, 5.74) is 4.47. The Morgan fingerprint density at radius 3 is 2.12 bits per heavy atom. The van der Waals surface area contributed by atoms with E-state index in [1.54, 1.807) is 32.0 Å². The number of carboxylic acids is 1. The molecule has 0 spiro atoms. The summed E-state index contributed by atoms with van der Waals surface area (Å²) in [7, 11) is -3.43.